The van der Waals surface area contributed by atoms with Gasteiger partial charge in [0.2, 0.25) is 0 Å². The molecular formula is C9H15ClN2O3S. The zero-order valence-corrected chi connectivity index (χ0v) is 10.7. The van der Waals surface area contributed by atoms with Gasteiger partial charge in [-0.15, -0.1) is 5.10 Å². The van der Waals surface area contributed by atoms with E-state index in [0.29, 0.717) is 36.5 Å². The molecule has 7 heteroatoms. The van der Waals surface area contributed by atoms with Gasteiger partial charge in [-0.05, 0) is 6.42 Å². The third-order valence-electron chi connectivity index (χ3n) is 1.76. The maximum atomic E-state index is 5.81. The molecule has 92 valence electrons. The summed E-state index contributed by atoms with van der Waals surface area (Å²) in [6, 6.07) is 0. The van der Waals surface area contributed by atoms with E-state index >= 15 is 0 Å². The van der Waals surface area contributed by atoms with Gasteiger partial charge >= 0.3 is 0 Å². The van der Waals surface area contributed by atoms with Gasteiger partial charge in [0.05, 0.1) is 19.8 Å². The Labute approximate surface area is 104 Å². The van der Waals surface area contributed by atoms with Crippen LogP contribution in [-0.4, -0.2) is 43.1 Å². The topological polar surface area (TPSA) is 53.5 Å². The predicted octanol–water partition coefficient (Wildman–Crippen LogP) is 1.76. The Morgan fingerprint density at radius 3 is 2.69 bits per heavy atom. The van der Waals surface area contributed by atoms with Crippen LogP contribution >= 0.6 is 23.1 Å². The first-order chi connectivity index (χ1) is 7.84. The molecule has 1 heterocycles. The molecule has 0 saturated carbocycles. The van der Waals surface area contributed by atoms with Gasteiger partial charge in [0.1, 0.15) is 10.0 Å². The van der Waals surface area contributed by atoms with Crippen LogP contribution in [0.4, 0.5) is 0 Å². The van der Waals surface area contributed by atoms with Crippen molar-refractivity contribution in [1.82, 2.24) is 9.59 Å². The summed E-state index contributed by atoms with van der Waals surface area (Å²) in [4.78, 5) is 0. The zero-order valence-electron chi connectivity index (χ0n) is 9.15. The second-order valence-corrected chi connectivity index (χ2v) is 4.36. The summed E-state index contributed by atoms with van der Waals surface area (Å²) in [7, 11) is 1.68. The average Bonchev–Trinajstić information content (AvgIpc) is 2.68. The molecule has 5 nitrogen and oxygen atoms in total. The molecule has 0 fully saturated rings. The fraction of sp³-hybridized carbons (Fsp3) is 0.778. The summed E-state index contributed by atoms with van der Waals surface area (Å²) in [6.07, 6.45) is 0.901. The number of ether oxygens (including phenoxy) is 3. The fourth-order valence-corrected chi connectivity index (χ4v) is 1.58. The molecule has 0 radical (unpaired) electrons. The summed E-state index contributed by atoms with van der Waals surface area (Å²) < 4.78 is 19.8. The Kier molecular flexibility index (Phi) is 7.62. The van der Waals surface area contributed by atoms with Crippen molar-refractivity contribution in [3.8, 4) is 0 Å². The minimum atomic E-state index is 0.386. The smallest absolute Gasteiger partial charge is 0.139 e. The van der Waals surface area contributed by atoms with Crippen molar-refractivity contribution in [3.05, 3.63) is 10.0 Å². The Balaban J connectivity index is 1.91. The standard InChI is InChI=1S/C9H15ClN2O3S/c1-13-3-2-4-14-5-6-15-7-8-9(10)16-12-11-8/h2-7H2,1H3. The summed E-state index contributed by atoms with van der Waals surface area (Å²) in [5, 5.41) is 3.83. The van der Waals surface area contributed by atoms with Crippen LogP contribution in [0, 0.1) is 0 Å². The molecular weight excluding hydrogens is 252 g/mol. The molecule has 0 amide bonds. The number of halogens is 1. The molecule has 1 aromatic rings. The van der Waals surface area contributed by atoms with Gasteiger partial charge in [-0.2, -0.15) is 0 Å². The van der Waals surface area contributed by atoms with E-state index < -0.39 is 0 Å². The highest BCUT2D eigenvalue weighted by atomic mass is 35.5. The van der Waals surface area contributed by atoms with Crippen LogP contribution in [0.15, 0.2) is 0 Å². The Bertz CT molecular complexity index is 285. The zero-order chi connectivity index (χ0) is 11.6. The third-order valence-corrected chi connectivity index (χ3v) is 2.74. The molecule has 0 atom stereocenters. The van der Waals surface area contributed by atoms with Crippen molar-refractivity contribution < 1.29 is 14.2 Å². The van der Waals surface area contributed by atoms with Crippen LogP contribution in [0.1, 0.15) is 12.1 Å². The number of hydrogen-bond acceptors (Lipinski definition) is 6. The van der Waals surface area contributed by atoms with Crippen LogP contribution in [-0.2, 0) is 20.8 Å². The summed E-state index contributed by atoms with van der Waals surface area (Å²) in [5.74, 6) is 0. The van der Waals surface area contributed by atoms with Gasteiger partial charge in [-0.25, -0.2) is 0 Å². The van der Waals surface area contributed by atoms with Gasteiger partial charge in [-0.1, -0.05) is 16.1 Å². The monoisotopic (exact) mass is 266 g/mol. The van der Waals surface area contributed by atoms with Crippen molar-refractivity contribution in [2.45, 2.75) is 13.0 Å². The van der Waals surface area contributed by atoms with Crippen LogP contribution < -0.4 is 0 Å². The lowest BCUT2D eigenvalue weighted by Crippen LogP contribution is -2.06. The van der Waals surface area contributed by atoms with E-state index in [1.165, 1.54) is 0 Å². The highest BCUT2D eigenvalue weighted by Gasteiger charge is 2.04. The van der Waals surface area contributed by atoms with Crippen molar-refractivity contribution in [3.63, 3.8) is 0 Å². The van der Waals surface area contributed by atoms with Gasteiger partial charge < -0.3 is 14.2 Å². The molecule has 0 unspecified atom stereocenters. The van der Waals surface area contributed by atoms with E-state index in [4.69, 9.17) is 25.8 Å². The molecule has 0 spiro atoms. The lowest BCUT2D eigenvalue weighted by Gasteiger charge is -2.04. The minimum Gasteiger partial charge on any atom is -0.385 e. The van der Waals surface area contributed by atoms with Gasteiger partial charge in [0, 0.05) is 31.9 Å². The first-order valence-corrected chi connectivity index (χ1v) is 6.11. The lowest BCUT2D eigenvalue weighted by atomic mass is 10.5. The molecule has 0 aromatic carbocycles. The van der Waals surface area contributed by atoms with Crippen LogP contribution in [0.5, 0.6) is 0 Å². The highest BCUT2D eigenvalue weighted by Crippen LogP contribution is 2.17. The lowest BCUT2D eigenvalue weighted by molar-refractivity contribution is 0.0327. The molecule has 0 aliphatic rings. The number of methoxy groups -OCH3 is 1. The molecule has 0 bridgehead atoms. The molecule has 1 rings (SSSR count). The Morgan fingerprint density at radius 1 is 1.19 bits per heavy atom. The first-order valence-electron chi connectivity index (χ1n) is 4.95. The van der Waals surface area contributed by atoms with Crippen LogP contribution in [0.3, 0.4) is 0 Å². The molecule has 0 N–H and O–H groups in total. The minimum absolute atomic E-state index is 0.386. The predicted molar refractivity (Wildman–Crippen MR) is 61.9 cm³/mol. The van der Waals surface area contributed by atoms with E-state index in [1.54, 1.807) is 7.11 Å². The van der Waals surface area contributed by atoms with Crippen LogP contribution in [0.2, 0.25) is 4.34 Å². The van der Waals surface area contributed by atoms with E-state index in [-0.39, 0.29) is 0 Å². The maximum Gasteiger partial charge on any atom is 0.139 e. The Morgan fingerprint density at radius 2 is 2.00 bits per heavy atom. The van der Waals surface area contributed by atoms with Crippen molar-refractivity contribution in [1.29, 1.82) is 0 Å². The van der Waals surface area contributed by atoms with Crippen LogP contribution in [0.25, 0.3) is 0 Å². The number of aromatic nitrogens is 2. The van der Waals surface area contributed by atoms with Gasteiger partial charge in [-0.3, -0.25) is 0 Å². The largest absolute Gasteiger partial charge is 0.385 e. The van der Waals surface area contributed by atoms with E-state index in [0.717, 1.165) is 24.6 Å². The normalized spacial score (nSPS) is 10.9. The highest BCUT2D eigenvalue weighted by molar-refractivity contribution is 7.10. The van der Waals surface area contributed by atoms with E-state index in [2.05, 4.69) is 9.59 Å². The number of hydrogen-bond donors (Lipinski definition) is 0. The molecule has 0 aliphatic carbocycles. The van der Waals surface area contributed by atoms with Crippen molar-refractivity contribution >= 4 is 23.1 Å². The molecule has 0 saturated heterocycles. The number of nitrogens with zero attached hydrogens (tertiary/aromatic N) is 2. The number of rotatable bonds is 9. The molecule has 1 aromatic heterocycles. The second-order valence-electron chi connectivity index (χ2n) is 3.00. The third kappa shape index (κ3) is 5.72. The Hall–Kier alpha value is -0.270. The van der Waals surface area contributed by atoms with E-state index in [9.17, 15) is 0 Å². The quantitative estimate of drug-likeness (QED) is 0.638. The summed E-state index contributed by atoms with van der Waals surface area (Å²) in [6.45, 7) is 2.90. The first kappa shape index (κ1) is 13.8. The SMILES string of the molecule is COCCCOCCOCc1nnsc1Cl. The average molecular weight is 267 g/mol. The second kappa shape index (κ2) is 8.83. The molecule has 16 heavy (non-hydrogen) atoms. The maximum absolute atomic E-state index is 5.81. The van der Waals surface area contributed by atoms with Crippen molar-refractivity contribution in [2.75, 3.05) is 33.5 Å². The summed E-state index contributed by atoms with van der Waals surface area (Å²) >= 11 is 6.97. The van der Waals surface area contributed by atoms with Gasteiger partial charge in [0.15, 0.2) is 0 Å². The van der Waals surface area contributed by atoms with Gasteiger partial charge in [0.25, 0.3) is 0 Å². The van der Waals surface area contributed by atoms with Crippen molar-refractivity contribution in [2.24, 2.45) is 0 Å². The summed E-state index contributed by atoms with van der Waals surface area (Å²) in [5.41, 5.74) is 0.686. The molecule has 0 aliphatic heterocycles. The fourth-order valence-electron chi connectivity index (χ4n) is 0.977. The van der Waals surface area contributed by atoms with E-state index in [1.807, 2.05) is 0 Å².